The van der Waals surface area contributed by atoms with Crippen molar-refractivity contribution in [2.45, 2.75) is 39.2 Å². The van der Waals surface area contributed by atoms with Gasteiger partial charge < -0.3 is 10.4 Å². The molecule has 1 heterocycles. The van der Waals surface area contributed by atoms with Crippen LogP contribution in [0.3, 0.4) is 0 Å². The third kappa shape index (κ3) is 5.53. The summed E-state index contributed by atoms with van der Waals surface area (Å²) in [5.74, 6) is -1.61. The zero-order chi connectivity index (χ0) is 18.4. The first kappa shape index (κ1) is 18.9. The molecule has 2 rings (SSSR count). The van der Waals surface area contributed by atoms with Crippen LogP contribution in [0.15, 0.2) is 36.4 Å². The third-order valence-electron chi connectivity index (χ3n) is 3.84. The van der Waals surface area contributed by atoms with Gasteiger partial charge in [-0.05, 0) is 25.5 Å². The Morgan fingerprint density at radius 3 is 2.36 bits per heavy atom. The highest BCUT2D eigenvalue weighted by Gasteiger charge is 2.21. The molecule has 0 spiro atoms. The van der Waals surface area contributed by atoms with Crippen molar-refractivity contribution in [2.24, 2.45) is 0 Å². The summed E-state index contributed by atoms with van der Waals surface area (Å²) in [6.07, 6.45) is 0.255. The quantitative estimate of drug-likeness (QED) is 0.709. The van der Waals surface area contributed by atoms with E-state index in [0.717, 1.165) is 15.3 Å². The number of carbonyl (C=O) groups is 3. The maximum atomic E-state index is 12.2. The fourth-order valence-corrected chi connectivity index (χ4v) is 3.53. The van der Waals surface area contributed by atoms with E-state index in [2.05, 4.69) is 5.32 Å². The maximum Gasteiger partial charge on any atom is 0.326 e. The average molecular weight is 359 g/mol. The number of hydrogen-bond acceptors (Lipinski definition) is 4. The van der Waals surface area contributed by atoms with Crippen LogP contribution in [-0.4, -0.2) is 28.8 Å². The van der Waals surface area contributed by atoms with Crippen molar-refractivity contribution in [1.82, 2.24) is 5.32 Å². The van der Waals surface area contributed by atoms with Gasteiger partial charge in [-0.25, -0.2) is 4.79 Å². The summed E-state index contributed by atoms with van der Waals surface area (Å²) in [6, 6.07) is 9.93. The number of thiophene rings is 1. The predicted octanol–water partition coefficient (Wildman–Crippen LogP) is 3.14. The number of carboxylic acid groups (broad SMARTS) is 1. The number of hydrogen-bond donors (Lipinski definition) is 2. The fourth-order valence-electron chi connectivity index (χ4n) is 2.59. The minimum atomic E-state index is -1.09. The van der Waals surface area contributed by atoms with Crippen molar-refractivity contribution in [3.05, 3.63) is 57.3 Å². The highest BCUT2D eigenvalue weighted by Crippen LogP contribution is 2.22. The van der Waals surface area contributed by atoms with E-state index in [4.69, 9.17) is 0 Å². The molecule has 6 heteroatoms. The van der Waals surface area contributed by atoms with Gasteiger partial charge in [0.1, 0.15) is 6.04 Å². The van der Waals surface area contributed by atoms with Crippen molar-refractivity contribution in [2.75, 3.05) is 0 Å². The van der Waals surface area contributed by atoms with Crippen LogP contribution in [0.5, 0.6) is 0 Å². The topological polar surface area (TPSA) is 83.5 Å². The Labute approximate surface area is 150 Å². The zero-order valence-corrected chi connectivity index (χ0v) is 15.1. The molecule has 1 aromatic carbocycles. The number of Topliss-reactive ketones (excluding diaryl/α,β-unsaturated/α-hetero) is 1. The largest absolute Gasteiger partial charge is 0.480 e. The smallest absolute Gasteiger partial charge is 0.326 e. The summed E-state index contributed by atoms with van der Waals surface area (Å²) in [5.41, 5.74) is 1.48. The number of ketones is 1. The Bertz CT molecular complexity index is 767. The van der Waals surface area contributed by atoms with Gasteiger partial charge in [-0.2, -0.15) is 0 Å². The Balaban J connectivity index is 1.90. The first-order chi connectivity index (χ1) is 11.9. The normalized spacial score (nSPS) is 11.8. The summed E-state index contributed by atoms with van der Waals surface area (Å²) < 4.78 is 0. The van der Waals surface area contributed by atoms with E-state index in [9.17, 15) is 19.5 Å². The van der Waals surface area contributed by atoms with Crippen molar-refractivity contribution < 1.29 is 19.5 Å². The molecule has 0 saturated heterocycles. The molecule has 1 amide bonds. The Morgan fingerprint density at radius 1 is 1.12 bits per heavy atom. The van der Waals surface area contributed by atoms with Crippen molar-refractivity contribution in [3.8, 4) is 0 Å². The van der Waals surface area contributed by atoms with Crippen LogP contribution in [0.25, 0.3) is 0 Å². The van der Waals surface area contributed by atoms with Gasteiger partial charge in [0.2, 0.25) is 5.91 Å². The molecule has 0 unspecified atom stereocenters. The van der Waals surface area contributed by atoms with Crippen LogP contribution in [0.4, 0.5) is 0 Å². The molecule has 1 atom stereocenters. The second-order valence-corrected chi connectivity index (χ2v) is 7.36. The van der Waals surface area contributed by atoms with Crippen LogP contribution >= 0.6 is 11.3 Å². The molecule has 2 N–H and O–H groups in total. The van der Waals surface area contributed by atoms with Crippen molar-refractivity contribution >= 4 is 29.0 Å². The van der Waals surface area contributed by atoms with Crippen LogP contribution in [0, 0.1) is 13.8 Å². The number of rotatable bonds is 8. The predicted molar refractivity (Wildman–Crippen MR) is 97.1 cm³/mol. The SMILES string of the molecule is Cc1cc(C(=O)CCC(=O)N[C@@H](Cc2ccccc2)C(=O)O)c(C)s1. The van der Waals surface area contributed by atoms with E-state index in [-0.39, 0.29) is 25.0 Å². The van der Waals surface area contributed by atoms with Crippen LogP contribution < -0.4 is 5.32 Å². The molecule has 0 radical (unpaired) electrons. The van der Waals surface area contributed by atoms with Gasteiger partial charge in [-0.15, -0.1) is 11.3 Å². The van der Waals surface area contributed by atoms with Gasteiger partial charge in [0.05, 0.1) is 0 Å². The van der Waals surface area contributed by atoms with Crippen LogP contribution in [0.2, 0.25) is 0 Å². The number of aliphatic carboxylic acids is 1. The molecule has 0 aliphatic heterocycles. The molecule has 0 fully saturated rings. The first-order valence-electron chi connectivity index (χ1n) is 8.03. The molecule has 132 valence electrons. The molecule has 0 bridgehead atoms. The van der Waals surface area contributed by atoms with Gasteiger partial charge >= 0.3 is 5.97 Å². The summed E-state index contributed by atoms with van der Waals surface area (Å²) in [5, 5.41) is 11.8. The zero-order valence-electron chi connectivity index (χ0n) is 14.2. The summed E-state index contributed by atoms with van der Waals surface area (Å²) >= 11 is 1.55. The summed E-state index contributed by atoms with van der Waals surface area (Å²) in [4.78, 5) is 37.6. The van der Waals surface area contributed by atoms with E-state index >= 15 is 0 Å². The number of carboxylic acids is 1. The lowest BCUT2D eigenvalue weighted by Crippen LogP contribution is -2.42. The minimum Gasteiger partial charge on any atom is -0.480 e. The average Bonchev–Trinajstić information content (AvgIpc) is 2.91. The van der Waals surface area contributed by atoms with Gasteiger partial charge in [-0.1, -0.05) is 30.3 Å². The number of amides is 1. The number of carbonyl (C=O) groups excluding carboxylic acids is 2. The third-order valence-corrected chi connectivity index (χ3v) is 4.80. The van der Waals surface area contributed by atoms with E-state index in [1.54, 1.807) is 11.3 Å². The summed E-state index contributed by atoms with van der Waals surface area (Å²) in [7, 11) is 0. The molecule has 0 aliphatic carbocycles. The molecule has 25 heavy (non-hydrogen) atoms. The molecular weight excluding hydrogens is 338 g/mol. The number of benzene rings is 1. The molecular formula is C19H21NO4S. The van der Waals surface area contributed by atoms with Crippen LogP contribution in [-0.2, 0) is 16.0 Å². The fraction of sp³-hybridized carbons (Fsp3) is 0.316. The Morgan fingerprint density at radius 2 is 1.80 bits per heavy atom. The molecule has 0 saturated carbocycles. The van der Waals surface area contributed by atoms with E-state index in [1.807, 2.05) is 50.2 Å². The number of nitrogens with one attached hydrogen (secondary N) is 1. The van der Waals surface area contributed by atoms with Crippen LogP contribution in [0.1, 0.15) is 38.5 Å². The number of aryl methyl sites for hydroxylation is 2. The highest BCUT2D eigenvalue weighted by atomic mass is 32.1. The van der Waals surface area contributed by atoms with E-state index < -0.39 is 17.9 Å². The minimum absolute atomic E-state index is 0.0221. The maximum absolute atomic E-state index is 12.2. The Kier molecular flexibility index (Phi) is 6.47. The van der Waals surface area contributed by atoms with Crippen molar-refractivity contribution in [3.63, 3.8) is 0 Å². The molecule has 2 aromatic rings. The standard InChI is InChI=1S/C19H21NO4S/c1-12-10-15(13(2)25-12)17(21)8-9-18(22)20-16(19(23)24)11-14-6-4-3-5-7-14/h3-7,10,16H,8-9,11H2,1-2H3,(H,20,22)(H,23,24)/t16-/m0/s1. The van der Waals surface area contributed by atoms with Gasteiger partial charge in [0, 0.05) is 34.6 Å². The van der Waals surface area contributed by atoms with Gasteiger partial charge in [0.25, 0.3) is 0 Å². The summed E-state index contributed by atoms with van der Waals surface area (Å²) in [6.45, 7) is 3.81. The molecule has 1 aromatic heterocycles. The lowest BCUT2D eigenvalue weighted by atomic mass is 10.0. The lowest BCUT2D eigenvalue weighted by molar-refractivity contribution is -0.141. The molecule has 0 aliphatic rings. The van der Waals surface area contributed by atoms with Gasteiger partial charge in [-0.3, -0.25) is 9.59 Å². The first-order valence-corrected chi connectivity index (χ1v) is 8.85. The Hall–Kier alpha value is -2.47. The second-order valence-electron chi connectivity index (χ2n) is 5.90. The van der Waals surface area contributed by atoms with Crippen molar-refractivity contribution in [1.29, 1.82) is 0 Å². The highest BCUT2D eigenvalue weighted by molar-refractivity contribution is 7.12. The van der Waals surface area contributed by atoms with E-state index in [0.29, 0.717) is 5.56 Å². The second kappa shape index (κ2) is 8.58. The lowest BCUT2D eigenvalue weighted by Gasteiger charge is -2.14. The molecule has 5 nitrogen and oxygen atoms in total. The van der Waals surface area contributed by atoms with Gasteiger partial charge in [0.15, 0.2) is 5.78 Å². The van der Waals surface area contributed by atoms with E-state index in [1.165, 1.54) is 0 Å². The monoisotopic (exact) mass is 359 g/mol.